The summed E-state index contributed by atoms with van der Waals surface area (Å²) in [6.07, 6.45) is 0.834. The van der Waals surface area contributed by atoms with E-state index in [1.54, 1.807) is 20.8 Å². The maximum Gasteiger partial charge on any atom is 0.407 e. The van der Waals surface area contributed by atoms with Crippen molar-refractivity contribution in [2.24, 2.45) is 0 Å². The van der Waals surface area contributed by atoms with E-state index in [1.807, 2.05) is 20.8 Å². The van der Waals surface area contributed by atoms with Gasteiger partial charge < -0.3 is 14.5 Å². The summed E-state index contributed by atoms with van der Waals surface area (Å²) < 4.78 is 10.6. The van der Waals surface area contributed by atoms with Crippen molar-refractivity contribution in [2.45, 2.75) is 65.5 Å². The van der Waals surface area contributed by atoms with Crippen molar-refractivity contribution < 1.29 is 18.7 Å². The van der Waals surface area contributed by atoms with Crippen LogP contribution in [0.25, 0.3) is 0 Å². The summed E-state index contributed by atoms with van der Waals surface area (Å²) >= 11 is 0. The zero-order chi connectivity index (χ0) is 16.4. The van der Waals surface area contributed by atoms with E-state index < -0.39 is 17.1 Å². The highest BCUT2D eigenvalue weighted by atomic mass is 16.6. The molecule has 1 aromatic heterocycles. The van der Waals surface area contributed by atoms with Crippen LogP contribution >= 0.6 is 0 Å². The number of alkyl carbamates (subject to hydrolysis) is 1. The molecule has 1 N–H and O–H groups in total. The Bertz CT molecular complexity index is 526. The van der Waals surface area contributed by atoms with Crippen molar-refractivity contribution in [1.29, 1.82) is 0 Å². The molecule has 1 rings (SSSR count). The van der Waals surface area contributed by atoms with E-state index >= 15 is 0 Å². The predicted molar refractivity (Wildman–Crippen MR) is 78.4 cm³/mol. The molecule has 1 atom stereocenters. The van der Waals surface area contributed by atoms with Crippen LogP contribution in [0.5, 0.6) is 0 Å². The van der Waals surface area contributed by atoms with E-state index in [4.69, 9.17) is 9.15 Å². The molecule has 1 aromatic rings. The Balaban J connectivity index is 2.81. The first-order chi connectivity index (χ1) is 9.43. The summed E-state index contributed by atoms with van der Waals surface area (Å²) in [5, 5.41) is 2.77. The Hall–Kier alpha value is -1.85. The Morgan fingerprint density at radius 1 is 1.29 bits per heavy atom. The van der Waals surface area contributed by atoms with Gasteiger partial charge in [-0.25, -0.2) is 9.78 Å². The summed E-state index contributed by atoms with van der Waals surface area (Å²) in [5.41, 5.74) is -0.856. The third-order valence-corrected chi connectivity index (χ3v) is 3.23. The summed E-state index contributed by atoms with van der Waals surface area (Å²) in [7, 11) is 0. The number of carbonyl (C=O) groups excluding carboxylic acids is 2. The molecule has 0 bridgehead atoms. The number of ketones is 1. The minimum Gasteiger partial charge on any atom is -0.448 e. The second-order valence-electron chi connectivity index (χ2n) is 6.68. The third kappa shape index (κ3) is 4.58. The van der Waals surface area contributed by atoms with Gasteiger partial charge in [0.1, 0.15) is 17.6 Å². The molecule has 0 saturated heterocycles. The molecule has 21 heavy (non-hydrogen) atoms. The van der Waals surface area contributed by atoms with E-state index in [0.29, 0.717) is 5.89 Å². The smallest absolute Gasteiger partial charge is 0.407 e. The van der Waals surface area contributed by atoms with Crippen LogP contribution in [-0.4, -0.2) is 28.5 Å². The highest BCUT2D eigenvalue weighted by Crippen LogP contribution is 2.26. The van der Waals surface area contributed by atoms with Gasteiger partial charge in [0.15, 0.2) is 5.78 Å². The standard InChI is InChI=1S/C15H24N2O4/c1-9(18)11-8-20-12(17-11)15(6,7)10(2)16-13(19)21-14(3,4)5/h8,10H,1-7H3,(H,16,19). The van der Waals surface area contributed by atoms with Crippen molar-refractivity contribution in [2.75, 3.05) is 0 Å². The lowest BCUT2D eigenvalue weighted by Gasteiger charge is -2.30. The van der Waals surface area contributed by atoms with Crippen LogP contribution in [-0.2, 0) is 10.2 Å². The van der Waals surface area contributed by atoms with Crippen molar-refractivity contribution in [3.05, 3.63) is 17.8 Å². The van der Waals surface area contributed by atoms with Gasteiger partial charge in [-0.15, -0.1) is 0 Å². The zero-order valence-corrected chi connectivity index (χ0v) is 13.7. The molecule has 0 spiro atoms. The first-order valence-electron chi connectivity index (χ1n) is 6.90. The quantitative estimate of drug-likeness (QED) is 0.863. The van der Waals surface area contributed by atoms with Crippen molar-refractivity contribution in [3.63, 3.8) is 0 Å². The molecule has 6 heteroatoms. The Morgan fingerprint density at radius 3 is 2.29 bits per heavy atom. The lowest BCUT2D eigenvalue weighted by molar-refractivity contribution is 0.0483. The molecule has 0 radical (unpaired) electrons. The molecule has 0 aliphatic rings. The zero-order valence-electron chi connectivity index (χ0n) is 13.7. The van der Waals surface area contributed by atoms with Crippen molar-refractivity contribution >= 4 is 11.9 Å². The summed E-state index contributed by atoms with van der Waals surface area (Å²) in [4.78, 5) is 27.3. The number of nitrogens with zero attached hydrogens (tertiary/aromatic N) is 1. The number of ether oxygens (including phenoxy) is 1. The number of aromatic nitrogens is 1. The first-order valence-corrected chi connectivity index (χ1v) is 6.90. The minimum absolute atomic E-state index is 0.159. The lowest BCUT2D eigenvalue weighted by atomic mass is 9.85. The number of oxazole rings is 1. The second kappa shape index (κ2) is 5.87. The van der Waals surface area contributed by atoms with Gasteiger partial charge in [0, 0.05) is 13.0 Å². The first kappa shape index (κ1) is 17.2. The fourth-order valence-electron chi connectivity index (χ4n) is 1.58. The topological polar surface area (TPSA) is 81.4 Å². The molecule has 1 amide bonds. The highest BCUT2D eigenvalue weighted by Gasteiger charge is 2.35. The lowest BCUT2D eigenvalue weighted by Crippen LogP contribution is -2.47. The van der Waals surface area contributed by atoms with E-state index in [2.05, 4.69) is 10.3 Å². The van der Waals surface area contributed by atoms with Crippen LogP contribution < -0.4 is 5.32 Å². The average molecular weight is 296 g/mol. The third-order valence-electron chi connectivity index (χ3n) is 3.23. The second-order valence-corrected chi connectivity index (χ2v) is 6.68. The molecule has 1 heterocycles. The Kier molecular flexibility index (Phi) is 4.81. The van der Waals surface area contributed by atoms with Crippen LogP contribution in [0.3, 0.4) is 0 Å². The van der Waals surface area contributed by atoms with Crippen LogP contribution in [0.15, 0.2) is 10.7 Å². The molecule has 0 fully saturated rings. The predicted octanol–water partition coefficient (Wildman–Crippen LogP) is 3.07. The van der Waals surface area contributed by atoms with E-state index in [9.17, 15) is 9.59 Å². The van der Waals surface area contributed by atoms with Gasteiger partial charge in [-0.3, -0.25) is 4.79 Å². The fourth-order valence-corrected chi connectivity index (χ4v) is 1.58. The van der Waals surface area contributed by atoms with Gasteiger partial charge in [0.05, 0.1) is 5.41 Å². The van der Waals surface area contributed by atoms with Crippen molar-refractivity contribution in [1.82, 2.24) is 10.3 Å². The van der Waals surface area contributed by atoms with Gasteiger partial charge >= 0.3 is 6.09 Å². The molecule has 1 unspecified atom stereocenters. The van der Waals surface area contributed by atoms with E-state index in [-0.39, 0.29) is 17.5 Å². The van der Waals surface area contributed by atoms with Crippen LogP contribution in [0.1, 0.15) is 64.8 Å². The average Bonchev–Trinajstić information content (AvgIpc) is 2.75. The number of amides is 1. The number of rotatable bonds is 4. The van der Waals surface area contributed by atoms with Crippen LogP contribution in [0.2, 0.25) is 0 Å². The van der Waals surface area contributed by atoms with Gasteiger partial charge in [-0.05, 0) is 41.5 Å². The van der Waals surface area contributed by atoms with Gasteiger partial charge in [0.25, 0.3) is 0 Å². The number of hydrogen-bond donors (Lipinski definition) is 1. The van der Waals surface area contributed by atoms with E-state index in [0.717, 1.165) is 0 Å². The van der Waals surface area contributed by atoms with Gasteiger partial charge in [-0.1, -0.05) is 0 Å². The molecule has 6 nitrogen and oxygen atoms in total. The highest BCUT2D eigenvalue weighted by molar-refractivity contribution is 5.91. The van der Waals surface area contributed by atoms with Crippen LogP contribution in [0.4, 0.5) is 4.79 Å². The summed E-state index contributed by atoms with van der Waals surface area (Å²) in [6.45, 7) is 12.4. The molecule has 0 aliphatic heterocycles. The largest absolute Gasteiger partial charge is 0.448 e. The SMILES string of the molecule is CC(=O)c1coc(C(C)(C)C(C)NC(=O)OC(C)(C)C)n1. The van der Waals surface area contributed by atoms with Gasteiger partial charge in [-0.2, -0.15) is 0 Å². The van der Waals surface area contributed by atoms with E-state index in [1.165, 1.54) is 13.2 Å². The molecule has 0 aliphatic carbocycles. The minimum atomic E-state index is -0.579. The Labute approximate surface area is 125 Å². The molecule has 118 valence electrons. The number of carbonyl (C=O) groups is 2. The Morgan fingerprint density at radius 2 is 1.86 bits per heavy atom. The van der Waals surface area contributed by atoms with Crippen LogP contribution in [0, 0.1) is 0 Å². The summed E-state index contributed by atoms with van der Waals surface area (Å²) in [6, 6.07) is -0.286. The summed E-state index contributed by atoms with van der Waals surface area (Å²) in [5.74, 6) is 0.241. The number of Topliss-reactive ketones (excluding diaryl/α,β-unsaturated/α-hetero) is 1. The monoisotopic (exact) mass is 296 g/mol. The number of nitrogens with one attached hydrogen (secondary N) is 1. The fraction of sp³-hybridized carbons (Fsp3) is 0.667. The maximum atomic E-state index is 11.8. The molecular formula is C15H24N2O4. The maximum absolute atomic E-state index is 11.8. The molecular weight excluding hydrogens is 272 g/mol. The van der Waals surface area contributed by atoms with Gasteiger partial charge in [0.2, 0.25) is 5.89 Å². The molecule has 0 aromatic carbocycles. The normalized spacial score (nSPS) is 13.7. The number of hydrogen-bond acceptors (Lipinski definition) is 5. The van der Waals surface area contributed by atoms with Crippen molar-refractivity contribution in [3.8, 4) is 0 Å². The molecule has 0 saturated carbocycles.